The van der Waals surface area contributed by atoms with Crippen molar-refractivity contribution < 1.29 is 18.3 Å². The molecular weight excluding hydrogens is 290 g/mol. The van der Waals surface area contributed by atoms with Gasteiger partial charge in [-0.3, -0.25) is 4.79 Å². The quantitative estimate of drug-likeness (QED) is 0.646. The summed E-state index contributed by atoms with van der Waals surface area (Å²) in [7, 11) is 1.25. The number of methoxy groups -OCH3 is 1. The largest absolute Gasteiger partial charge is 0.496 e. The van der Waals surface area contributed by atoms with Gasteiger partial charge in [-0.15, -0.1) is 0 Å². The van der Waals surface area contributed by atoms with Gasteiger partial charge in [0, 0.05) is 6.20 Å². The topological polar surface area (TPSA) is 52.1 Å². The Morgan fingerprint density at radius 1 is 1.35 bits per heavy atom. The van der Waals surface area contributed by atoms with Crippen LogP contribution >= 0.6 is 11.6 Å². The van der Waals surface area contributed by atoms with Crippen molar-refractivity contribution in [2.24, 2.45) is 0 Å². The van der Waals surface area contributed by atoms with Crippen molar-refractivity contribution in [1.82, 2.24) is 9.97 Å². The molecule has 0 saturated heterocycles. The lowest BCUT2D eigenvalue weighted by Gasteiger charge is -2.10. The molecule has 0 fully saturated rings. The van der Waals surface area contributed by atoms with Gasteiger partial charge < -0.3 is 4.74 Å². The van der Waals surface area contributed by atoms with E-state index in [1.54, 1.807) is 6.92 Å². The molecule has 0 amide bonds. The fourth-order valence-electron chi connectivity index (χ4n) is 1.64. The van der Waals surface area contributed by atoms with Crippen LogP contribution in [-0.2, 0) is 0 Å². The van der Waals surface area contributed by atoms with Crippen molar-refractivity contribution in [1.29, 1.82) is 0 Å². The molecule has 2 aromatic rings. The lowest BCUT2D eigenvalue weighted by Crippen LogP contribution is -2.10. The monoisotopic (exact) mass is 298 g/mol. The Morgan fingerprint density at radius 2 is 2.05 bits per heavy atom. The first-order valence-electron chi connectivity index (χ1n) is 5.51. The van der Waals surface area contributed by atoms with E-state index in [0.717, 1.165) is 18.3 Å². The SMILES string of the molecule is COc1ccc(F)c(F)c1C(=O)c1cnc(C)nc1Cl. The molecule has 0 bridgehead atoms. The van der Waals surface area contributed by atoms with E-state index >= 15 is 0 Å². The van der Waals surface area contributed by atoms with Crippen molar-refractivity contribution in [3.05, 3.63) is 52.1 Å². The number of rotatable bonds is 3. The zero-order valence-electron chi connectivity index (χ0n) is 10.6. The molecule has 0 saturated carbocycles. The van der Waals surface area contributed by atoms with E-state index in [-0.39, 0.29) is 16.5 Å². The zero-order valence-corrected chi connectivity index (χ0v) is 11.3. The molecule has 0 aliphatic heterocycles. The van der Waals surface area contributed by atoms with E-state index < -0.39 is 23.0 Å². The van der Waals surface area contributed by atoms with Gasteiger partial charge in [-0.1, -0.05) is 11.6 Å². The second-order valence-corrected chi connectivity index (χ2v) is 4.25. The maximum atomic E-state index is 13.8. The summed E-state index contributed by atoms with van der Waals surface area (Å²) in [5.41, 5.74) is -0.665. The van der Waals surface area contributed by atoms with E-state index in [4.69, 9.17) is 16.3 Å². The molecule has 2 rings (SSSR count). The van der Waals surface area contributed by atoms with Crippen LogP contribution in [-0.4, -0.2) is 22.9 Å². The first-order valence-corrected chi connectivity index (χ1v) is 5.89. The maximum absolute atomic E-state index is 13.8. The summed E-state index contributed by atoms with van der Waals surface area (Å²) in [6.45, 7) is 1.59. The molecule has 0 atom stereocenters. The smallest absolute Gasteiger partial charge is 0.204 e. The van der Waals surface area contributed by atoms with Crippen LogP contribution in [0.1, 0.15) is 21.7 Å². The van der Waals surface area contributed by atoms with Crippen LogP contribution in [0.4, 0.5) is 8.78 Å². The fraction of sp³-hybridized carbons (Fsp3) is 0.154. The Hall–Kier alpha value is -2.08. The van der Waals surface area contributed by atoms with Crippen molar-refractivity contribution in [3.8, 4) is 5.75 Å². The second kappa shape index (κ2) is 5.50. The molecule has 0 radical (unpaired) electrons. The number of ether oxygens (including phenoxy) is 1. The number of carbonyl (C=O) groups is 1. The van der Waals surface area contributed by atoms with Gasteiger partial charge >= 0.3 is 0 Å². The summed E-state index contributed by atoms with van der Waals surface area (Å²) in [4.78, 5) is 19.9. The Balaban J connectivity index is 2.61. The van der Waals surface area contributed by atoms with Crippen molar-refractivity contribution >= 4 is 17.4 Å². The molecule has 0 aliphatic carbocycles. The van der Waals surface area contributed by atoms with Crippen LogP contribution in [0.25, 0.3) is 0 Å². The third-order valence-electron chi connectivity index (χ3n) is 2.61. The molecule has 4 nitrogen and oxygen atoms in total. The fourth-order valence-corrected chi connectivity index (χ4v) is 1.90. The predicted molar refractivity (Wildman–Crippen MR) is 68.1 cm³/mol. The minimum atomic E-state index is -1.30. The Morgan fingerprint density at radius 3 is 2.65 bits per heavy atom. The molecule has 0 N–H and O–H groups in total. The molecular formula is C13H9ClF2N2O2. The standard InChI is InChI=1S/C13H9ClF2N2O2/c1-6-17-5-7(13(14)18-6)12(19)10-9(20-2)4-3-8(15)11(10)16/h3-5H,1-2H3. The molecule has 1 aromatic heterocycles. The van der Waals surface area contributed by atoms with Gasteiger partial charge in [0.15, 0.2) is 11.6 Å². The molecule has 0 spiro atoms. The molecule has 0 unspecified atom stereocenters. The predicted octanol–water partition coefficient (Wildman–Crippen LogP) is 2.96. The first-order chi connectivity index (χ1) is 9.45. The highest BCUT2D eigenvalue weighted by molar-refractivity contribution is 6.33. The highest BCUT2D eigenvalue weighted by Gasteiger charge is 2.24. The van der Waals surface area contributed by atoms with Gasteiger partial charge in [0.1, 0.15) is 22.3 Å². The number of aromatic nitrogens is 2. The number of nitrogens with zero attached hydrogens (tertiary/aromatic N) is 2. The second-order valence-electron chi connectivity index (χ2n) is 3.89. The van der Waals surface area contributed by atoms with E-state index in [1.165, 1.54) is 7.11 Å². The van der Waals surface area contributed by atoms with E-state index in [2.05, 4.69) is 9.97 Å². The number of hydrogen-bond acceptors (Lipinski definition) is 4. The number of halogens is 3. The molecule has 1 heterocycles. The number of hydrogen-bond donors (Lipinski definition) is 0. The summed E-state index contributed by atoms with van der Waals surface area (Å²) in [6, 6.07) is 2.03. The maximum Gasteiger partial charge on any atom is 0.204 e. The Labute approximate surface area is 118 Å². The van der Waals surface area contributed by atoms with Crippen molar-refractivity contribution in [2.45, 2.75) is 6.92 Å². The van der Waals surface area contributed by atoms with Gasteiger partial charge in [0.2, 0.25) is 5.78 Å². The van der Waals surface area contributed by atoms with Gasteiger partial charge in [0.25, 0.3) is 0 Å². The number of ketones is 1. The lowest BCUT2D eigenvalue weighted by atomic mass is 10.0. The summed E-state index contributed by atoms with van der Waals surface area (Å²) in [5.74, 6) is -3.03. The molecule has 1 aromatic carbocycles. The normalized spacial score (nSPS) is 10.4. The average Bonchev–Trinajstić information content (AvgIpc) is 2.41. The molecule has 7 heteroatoms. The van der Waals surface area contributed by atoms with Gasteiger partial charge in [-0.25, -0.2) is 18.7 Å². The Bertz CT molecular complexity index is 692. The first kappa shape index (κ1) is 14.3. The number of benzene rings is 1. The Kier molecular flexibility index (Phi) is 3.94. The summed E-state index contributed by atoms with van der Waals surface area (Å²) >= 11 is 5.83. The van der Waals surface area contributed by atoms with Gasteiger partial charge in [0.05, 0.1) is 12.7 Å². The lowest BCUT2D eigenvalue weighted by molar-refractivity contribution is 0.103. The van der Waals surface area contributed by atoms with Crippen LogP contribution < -0.4 is 4.74 Å². The molecule has 104 valence electrons. The summed E-state index contributed by atoms with van der Waals surface area (Å²) < 4.78 is 32.0. The van der Waals surface area contributed by atoms with Crippen LogP contribution in [0.3, 0.4) is 0 Å². The summed E-state index contributed by atoms with van der Waals surface area (Å²) in [5, 5.41) is -0.131. The van der Waals surface area contributed by atoms with Crippen LogP contribution in [0.5, 0.6) is 5.75 Å². The van der Waals surface area contributed by atoms with Gasteiger partial charge in [-0.05, 0) is 19.1 Å². The third kappa shape index (κ3) is 2.46. The minimum Gasteiger partial charge on any atom is -0.496 e. The average molecular weight is 299 g/mol. The molecule has 20 heavy (non-hydrogen) atoms. The molecule has 0 aliphatic rings. The van der Waals surface area contributed by atoms with E-state index in [0.29, 0.717) is 5.82 Å². The highest BCUT2D eigenvalue weighted by Crippen LogP contribution is 2.27. The van der Waals surface area contributed by atoms with E-state index in [1.807, 2.05) is 0 Å². The zero-order chi connectivity index (χ0) is 14.9. The summed E-state index contributed by atoms with van der Waals surface area (Å²) in [6.07, 6.45) is 1.16. The van der Waals surface area contributed by atoms with Crippen molar-refractivity contribution in [3.63, 3.8) is 0 Å². The highest BCUT2D eigenvalue weighted by atomic mass is 35.5. The minimum absolute atomic E-state index is 0.0921. The van der Waals surface area contributed by atoms with Gasteiger partial charge in [-0.2, -0.15) is 0 Å². The van der Waals surface area contributed by atoms with Crippen molar-refractivity contribution in [2.75, 3.05) is 7.11 Å². The van der Waals surface area contributed by atoms with Crippen LogP contribution in [0, 0.1) is 18.6 Å². The van der Waals surface area contributed by atoms with Crippen LogP contribution in [0.2, 0.25) is 5.15 Å². The number of aryl methyl sites for hydroxylation is 1. The van der Waals surface area contributed by atoms with Crippen LogP contribution in [0.15, 0.2) is 18.3 Å². The third-order valence-corrected chi connectivity index (χ3v) is 2.90. The van der Waals surface area contributed by atoms with E-state index in [9.17, 15) is 13.6 Å². The number of carbonyl (C=O) groups excluding carboxylic acids is 1.